The first kappa shape index (κ1) is 10.4. The summed E-state index contributed by atoms with van der Waals surface area (Å²) < 4.78 is 0. The predicted octanol–water partition coefficient (Wildman–Crippen LogP) is -1.06. The van der Waals surface area contributed by atoms with Crippen molar-refractivity contribution in [3.05, 3.63) is 0 Å². The molecule has 2 N–H and O–H groups in total. The summed E-state index contributed by atoms with van der Waals surface area (Å²) in [7, 11) is 0. The monoisotopic (exact) mass is 211 g/mol. The van der Waals surface area contributed by atoms with E-state index in [1.165, 1.54) is 0 Å². The van der Waals surface area contributed by atoms with Crippen molar-refractivity contribution in [2.75, 3.05) is 26.2 Å². The molecule has 0 aliphatic carbocycles. The Hall–Kier alpha value is -1.10. The lowest BCUT2D eigenvalue weighted by molar-refractivity contribution is -0.149. The van der Waals surface area contributed by atoms with Gasteiger partial charge in [0, 0.05) is 19.1 Å². The fraction of sp³-hybridized carbons (Fsp3) is 0.800. The van der Waals surface area contributed by atoms with Gasteiger partial charge < -0.3 is 15.5 Å². The number of hydrogen-bond donors (Lipinski definition) is 2. The van der Waals surface area contributed by atoms with Crippen LogP contribution in [-0.4, -0.2) is 48.9 Å². The van der Waals surface area contributed by atoms with Crippen molar-refractivity contribution in [2.24, 2.45) is 5.92 Å². The lowest BCUT2D eigenvalue weighted by atomic mass is 10.1. The lowest BCUT2D eigenvalue weighted by Gasteiger charge is -2.32. The first-order chi connectivity index (χ1) is 7.16. The van der Waals surface area contributed by atoms with Crippen LogP contribution in [0.1, 0.15) is 13.3 Å². The minimum Gasteiger partial charge on any atom is -0.344 e. The number of carbonyl (C=O) groups excluding carboxylic acids is 2. The van der Waals surface area contributed by atoms with E-state index >= 15 is 0 Å². The van der Waals surface area contributed by atoms with Crippen LogP contribution in [0.15, 0.2) is 0 Å². The number of amides is 2. The molecule has 5 heteroatoms. The summed E-state index contributed by atoms with van der Waals surface area (Å²) in [5.74, 6) is -0.327. The molecule has 0 aromatic rings. The number of hydrogen-bond acceptors (Lipinski definition) is 3. The normalized spacial score (nSPS) is 31.9. The van der Waals surface area contributed by atoms with Crippen LogP contribution < -0.4 is 10.6 Å². The van der Waals surface area contributed by atoms with Gasteiger partial charge in [0.05, 0.1) is 0 Å². The average Bonchev–Trinajstić information content (AvgIpc) is 2.66. The predicted molar refractivity (Wildman–Crippen MR) is 55.2 cm³/mol. The Morgan fingerprint density at radius 1 is 1.47 bits per heavy atom. The maximum atomic E-state index is 11.6. The van der Waals surface area contributed by atoms with Gasteiger partial charge in [-0.1, -0.05) is 0 Å². The average molecular weight is 211 g/mol. The molecule has 2 aliphatic heterocycles. The Bertz CT molecular complexity index is 274. The Balaban J connectivity index is 1.94. The van der Waals surface area contributed by atoms with Crippen molar-refractivity contribution < 1.29 is 9.59 Å². The third-order valence-corrected chi connectivity index (χ3v) is 2.99. The molecule has 2 amide bonds. The molecule has 0 aromatic carbocycles. The fourth-order valence-corrected chi connectivity index (χ4v) is 2.23. The highest BCUT2D eigenvalue weighted by Gasteiger charge is 2.31. The topological polar surface area (TPSA) is 61.4 Å². The SMILES string of the molecule is CC1CN(CC2CCNC2)C(=O)C(=O)N1. The van der Waals surface area contributed by atoms with Crippen LogP contribution in [0.2, 0.25) is 0 Å². The smallest absolute Gasteiger partial charge is 0.311 e. The van der Waals surface area contributed by atoms with E-state index in [4.69, 9.17) is 0 Å². The molecule has 2 saturated heterocycles. The van der Waals surface area contributed by atoms with E-state index in [0.29, 0.717) is 19.0 Å². The summed E-state index contributed by atoms with van der Waals surface area (Å²) in [6.07, 6.45) is 1.10. The first-order valence-corrected chi connectivity index (χ1v) is 5.47. The molecule has 0 bridgehead atoms. The summed E-state index contributed by atoms with van der Waals surface area (Å²) in [5.41, 5.74) is 0. The molecular formula is C10H17N3O2. The second kappa shape index (κ2) is 4.18. The first-order valence-electron chi connectivity index (χ1n) is 5.47. The van der Waals surface area contributed by atoms with E-state index < -0.39 is 5.91 Å². The number of nitrogens with zero attached hydrogens (tertiary/aromatic N) is 1. The maximum absolute atomic E-state index is 11.6. The van der Waals surface area contributed by atoms with Crippen LogP contribution in [0.25, 0.3) is 0 Å². The molecule has 0 aromatic heterocycles. The van der Waals surface area contributed by atoms with Crippen LogP contribution in [0.5, 0.6) is 0 Å². The minimum atomic E-state index is -0.459. The largest absolute Gasteiger partial charge is 0.344 e. The quantitative estimate of drug-likeness (QED) is 0.573. The van der Waals surface area contributed by atoms with E-state index in [1.54, 1.807) is 4.90 Å². The van der Waals surface area contributed by atoms with E-state index in [9.17, 15) is 9.59 Å². The van der Waals surface area contributed by atoms with E-state index in [-0.39, 0.29) is 11.9 Å². The van der Waals surface area contributed by atoms with E-state index in [1.807, 2.05) is 6.92 Å². The zero-order valence-corrected chi connectivity index (χ0v) is 8.95. The number of piperazine rings is 1. The van der Waals surface area contributed by atoms with Crippen LogP contribution in [0, 0.1) is 5.92 Å². The third kappa shape index (κ3) is 2.28. The molecule has 15 heavy (non-hydrogen) atoms. The van der Waals surface area contributed by atoms with Gasteiger partial charge in [-0.05, 0) is 32.4 Å². The van der Waals surface area contributed by atoms with Gasteiger partial charge in [-0.3, -0.25) is 9.59 Å². The van der Waals surface area contributed by atoms with E-state index in [0.717, 1.165) is 19.5 Å². The summed E-state index contributed by atoms with van der Waals surface area (Å²) in [5, 5.41) is 5.90. The van der Waals surface area contributed by atoms with Crippen molar-refractivity contribution in [3.8, 4) is 0 Å². The van der Waals surface area contributed by atoms with Crippen molar-refractivity contribution >= 4 is 11.8 Å². The molecule has 2 atom stereocenters. The molecule has 2 rings (SSSR count). The molecule has 0 spiro atoms. The van der Waals surface area contributed by atoms with Gasteiger partial charge >= 0.3 is 11.8 Å². The van der Waals surface area contributed by atoms with Crippen LogP contribution in [0.4, 0.5) is 0 Å². The van der Waals surface area contributed by atoms with Crippen molar-refractivity contribution in [3.63, 3.8) is 0 Å². The summed E-state index contributed by atoms with van der Waals surface area (Å²) in [6.45, 7) is 5.25. The van der Waals surface area contributed by atoms with Crippen LogP contribution in [0.3, 0.4) is 0 Å². The maximum Gasteiger partial charge on any atom is 0.311 e. The van der Waals surface area contributed by atoms with Gasteiger partial charge in [0.2, 0.25) is 0 Å². The van der Waals surface area contributed by atoms with Gasteiger partial charge in [0.25, 0.3) is 0 Å². The highest BCUT2D eigenvalue weighted by atomic mass is 16.2. The standard InChI is InChI=1S/C10H17N3O2/c1-7-5-13(10(15)9(14)12-7)6-8-2-3-11-4-8/h7-8,11H,2-6H2,1H3,(H,12,14). The van der Waals surface area contributed by atoms with Gasteiger partial charge in [-0.2, -0.15) is 0 Å². The number of carbonyl (C=O) groups is 2. The van der Waals surface area contributed by atoms with E-state index in [2.05, 4.69) is 10.6 Å². The number of nitrogens with one attached hydrogen (secondary N) is 2. The molecule has 0 radical (unpaired) electrons. The molecule has 5 nitrogen and oxygen atoms in total. The molecule has 84 valence electrons. The molecule has 0 saturated carbocycles. The highest BCUT2D eigenvalue weighted by molar-refractivity contribution is 6.35. The van der Waals surface area contributed by atoms with Crippen molar-refractivity contribution in [1.29, 1.82) is 0 Å². The Kier molecular flexibility index (Phi) is 2.90. The molecular weight excluding hydrogens is 194 g/mol. The second-order valence-electron chi connectivity index (χ2n) is 4.44. The molecule has 2 fully saturated rings. The van der Waals surface area contributed by atoms with Gasteiger partial charge in [0.1, 0.15) is 0 Å². The summed E-state index contributed by atoms with van der Waals surface area (Å²) in [4.78, 5) is 24.5. The molecule has 2 heterocycles. The summed E-state index contributed by atoms with van der Waals surface area (Å²) in [6, 6.07) is 0.0737. The van der Waals surface area contributed by atoms with Crippen molar-refractivity contribution in [1.82, 2.24) is 15.5 Å². The van der Waals surface area contributed by atoms with Crippen LogP contribution >= 0.6 is 0 Å². The molecule has 2 aliphatic rings. The van der Waals surface area contributed by atoms with Gasteiger partial charge in [0.15, 0.2) is 0 Å². The van der Waals surface area contributed by atoms with Crippen molar-refractivity contribution in [2.45, 2.75) is 19.4 Å². The fourth-order valence-electron chi connectivity index (χ4n) is 2.23. The summed E-state index contributed by atoms with van der Waals surface area (Å²) >= 11 is 0. The van der Waals surface area contributed by atoms with Crippen LogP contribution in [-0.2, 0) is 9.59 Å². The van der Waals surface area contributed by atoms with Gasteiger partial charge in [-0.15, -0.1) is 0 Å². The zero-order chi connectivity index (χ0) is 10.8. The number of rotatable bonds is 2. The Morgan fingerprint density at radius 3 is 2.93 bits per heavy atom. The second-order valence-corrected chi connectivity index (χ2v) is 4.44. The Morgan fingerprint density at radius 2 is 2.27 bits per heavy atom. The minimum absolute atomic E-state index is 0.0737. The van der Waals surface area contributed by atoms with Gasteiger partial charge in [-0.25, -0.2) is 0 Å². The lowest BCUT2D eigenvalue weighted by Crippen LogP contribution is -2.57. The molecule has 2 unspecified atom stereocenters. The Labute approximate surface area is 89.2 Å². The highest BCUT2D eigenvalue weighted by Crippen LogP contribution is 2.12. The zero-order valence-electron chi connectivity index (χ0n) is 8.95. The third-order valence-electron chi connectivity index (χ3n) is 2.99.